The predicted octanol–water partition coefficient (Wildman–Crippen LogP) is 1.95. The number of nitrogens with one attached hydrogen (secondary N) is 1. The molecule has 0 unspecified atom stereocenters. The smallest absolute Gasteiger partial charge is 0.322 e. The van der Waals surface area contributed by atoms with Crippen molar-refractivity contribution in [3.8, 4) is 0 Å². The number of nitrogens with zero attached hydrogens (tertiary/aromatic N) is 3. The Labute approximate surface area is 126 Å². The molecule has 5 heteroatoms. The average Bonchev–Trinajstić information content (AvgIpc) is 2.50. The Morgan fingerprint density at radius 2 is 2.05 bits per heavy atom. The Hall–Kier alpha value is -1.88. The summed E-state index contributed by atoms with van der Waals surface area (Å²) in [6, 6.07) is 10.7. The van der Waals surface area contributed by atoms with Crippen LogP contribution in [0.15, 0.2) is 35.3 Å². The second-order valence-electron chi connectivity index (χ2n) is 5.47. The van der Waals surface area contributed by atoms with Gasteiger partial charge in [-0.25, -0.2) is 4.79 Å². The number of hydrogen-bond donors (Lipinski definition) is 1. The van der Waals surface area contributed by atoms with E-state index in [4.69, 9.17) is 0 Å². The van der Waals surface area contributed by atoms with E-state index in [1.54, 1.807) is 14.1 Å². The van der Waals surface area contributed by atoms with Crippen LogP contribution in [0.25, 0.3) is 0 Å². The van der Waals surface area contributed by atoms with Crippen LogP contribution in [0, 0.1) is 0 Å². The van der Waals surface area contributed by atoms with E-state index in [-0.39, 0.29) is 12.1 Å². The van der Waals surface area contributed by atoms with Gasteiger partial charge in [0.1, 0.15) is 0 Å². The summed E-state index contributed by atoms with van der Waals surface area (Å²) in [5.74, 6) is 0. The van der Waals surface area contributed by atoms with Gasteiger partial charge in [0.15, 0.2) is 0 Å². The molecule has 1 aromatic carbocycles. The van der Waals surface area contributed by atoms with E-state index in [2.05, 4.69) is 39.5 Å². The number of likely N-dealkylation sites (tertiary alicyclic amines) is 1. The van der Waals surface area contributed by atoms with Crippen molar-refractivity contribution in [3.63, 3.8) is 0 Å². The third-order valence-corrected chi connectivity index (χ3v) is 3.77. The van der Waals surface area contributed by atoms with E-state index in [9.17, 15) is 4.79 Å². The minimum atomic E-state index is -0.0814. The van der Waals surface area contributed by atoms with Crippen molar-refractivity contribution in [1.29, 1.82) is 0 Å². The van der Waals surface area contributed by atoms with Crippen molar-refractivity contribution in [3.05, 3.63) is 35.9 Å². The van der Waals surface area contributed by atoms with Crippen LogP contribution >= 0.6 is 0 Å². The number of rotatable bonds is 4. The summed E-state index contributed by atoms with van der Waals surface area (Å²) in [5, 5.41) is 3.06. The molecule has 0 spiro atoms. The number of carbonyl (C=O) groups is 1. The molecule has 0 aliphatic carbocycles. The van der Waals surface area contributed by atoms with Crippen LogP contribution in [0.4, 0.5) is 4.79 Å². The first-order valence-electron chi connectivity index (χ1n) is 7.41. The normalized spacial score (nSPS) is 17.0. The topological polar surface area (TPSA) is 47.9 Å². The number of urea groups is 1. The highest BCUT2D eigenvalue weighted by atomic mass is 16.2. The molecule has 5 nitrogen and oxygen atoms in total. The predicted molar refractivity (Wildman–Crippen MR) is 85.5 cm³/mol. The third-order valence-electron chi connectivity index (χ3n) is 3.77. The summed E-state index contributed by atoms with van der Waals surface area (Å²) in [6.45, 7) is 3.03. The van der Waals surface area contributed by atoms with Crippen molar-refractivity contribution in [1.82, 2.24) is 15.1 Å². The van der Waals surface area contributed by atoms with Gasteiger partial charge >= 0.3 is 6.03 Å². The van der Waals surface area contributed by atoms with Crippen molar-refractivity contribution in [2.24, 2.45) is 4.99 Å². The van der Waals surface area contributed by atoms with Crippen LogP contribution < -0.4 is 5.32 Å². The van der Waals surface area contributed by atoms with E-state index in [1.807, 2.05) is 6.07 Å². The van der Waals surface area contributed by atoms with Crippen LogP contribution in [-0.4, -0.2) is 55.4 Å². The van der Waals surface area contributed by atoms with Gasteiger partial charge in [0.05, 0.1) is 6.34 Å². The molecule has 1 aliphatic heterocycles. The Kier molecular flexibility index (Phi) is 5.75. The molecular weight excluding hydrogens is 264 g/mol. The van der Waals surface area contributed by atoms with Gasteiger partial charge in [-0.05, 0) is 18.4 Å². The zero-order chi connectivity index (χ0) is 15.1. The summed E-state index contributed by atoms with van der Waals surface area (Å²) in [4.78, 5) is 19.6. The maximum atomic E-state index is 11.9. The number of amides is 2. The van der Waals surface area contributed by atoms with Gasteiger partial charge in [0.2, 0.25) is 0 Å². The average molecular weight is 288 g/mol. The molecule has 1 saturated heterocycles. The van der Waals surface area contributed by atoms with Crippen LogP contribution in [0.1, 0.15) is 18.4 Å². The second-order valence-corrected chi connectivity index (χ2v) is 5.47. The Morgan fingerprint density at radius 1 is 1.38 bits per heavy atom. The quantitative estimate of drug-likeness (QED) is 0.680. The minimum Gasteiger partial charge on any atom is -0.335 e. The van der Waals surface area contributed by atoms with E-state index >= 15 is 0 Å². The molecule has 0 radical (unpaired) electrons. The van der Waals surface area contributed by atoms with Gasteiger partial charge in [-0.15, -0.1) is 0 Å². The standard InChI is InChI=1S/C16H24N4O/c1-17-13-19(2)16(21)18-15-8-10-20(11-9-15)12-14-6-4-3-5-7-14/h3-7,13,15H,8-12H2,1-2H3,(H,18,21). The fourth-order valence-electron chi connectivity index (χ4n) is 2.58. The Balaban J connectivity index is 1.74. The highest BCUT2D eigenvalue weighted by molar-refractivity contribution is 5.86. The first kappa shape index (κ1) is 15.5. The second kappa shape index (κ2) is 7.78. The van der Waals surface area contributed by atoms with Crippen LogP contribution in [0.2, 0.25) is 0 Å². The number of piperidine rings is 1. The summed E-state index contributed by atoms with van der Waals surface area (Å²) in [6.07, 6.45) is 3.52. The number of carbonyl (C=O) groups excluding carboxylic acids is 1. The largest absolute Gasteiger partial charge is 0.335 e. The van der Waals surface area contributed by atoms with Crippen molar-refractivity contribution in [2.45, 2.75) is 25.4 Å². The molecular formula is C16H24N4O. The molecule has 1 aliphatic rings. The highest BCUT2D eigenvalue weighted by Crippen LogP contribution is 2.13. The van der Waals surface area contributed by atoms with Crippen molar-refractivity contribution in [2.75, 3.05) is 27.2 Å². The molecule has 2 amide bonds. The van der Waals surface area contributed by atoms with Crippen molar-refractivity contribution >= 4 is 12.4 Å². The third kappa shape index (κ3) is 4.86. The molecule has 1 heterocycles. The van der Waals surface area contributed by atoms with Gasteiger partial charge in [-0.1, -0.05) is 30.3 Å². The maximum absolute atomic E-state index is 11.9. The van der Waals surface area contributed by atoms with E-state index in [0.717, 1.165) is 32.5 Å². The molecule has 1 N–H and O–H groups in total. The first-order valence-corrected chi connectivity index (χ1v) is 7.41. The fraction of sp³-hybridized carbons (Fsp3) is 0.500. The Morgan fingerprint density at radius 3 is 2.67 bits per heavy atom. The summed E-state index contributed by atoms with van der Waals surface area (Å²) in [5.41, 5.74) is 1.35. The number of hydrogen-bond acceptors (Lipinski definition) is 3. The van der Waals surface area contributed by atoms with Gasteiger partial charge in [0, 0.05) is 39.8 Å². The maximum Gasteiger partial charge on any atom is 0.322 e. The number of aliphatic imine (C=N–C) groups is 1. The summed E-state index contributed by atoms with van der Waals surface area (Å²) >= 11 is 0. The van der Waals surface area contributed by atoms with E-state index in [1.165, 1.54) is 16.8 Å². The molecule has 0 bridgehead atoms. The molecule has 2 rings (SSSR count). The van der Waals surface area contributed by atoms with Gasteiger partial charge in [-0.3, -0.25) is 14.8 Å². The monoisotopic (exact) mass is 288 g/mol. The molecule has 114 valence electrons. The SMILES string of the molecule is CN=CN(C)C(=O)NC1CCN(Cc2ccccc2)CC1. The molecule has 1 fully saturated rings. The fourth-order valence-corrected chi connectivity index (χ4v) is 2.58. The summed E-state index contributed by atoms with van der Waals surface area (Å²) < 4.78 is 0. The van der Waals surface area contributed by atoms with Crippen molar-refractivity contribution < 1.29 is 4.79 Å². The molecule has 0 aromatic heterocycles. The lowest BCUT2D eigenvalue weighted by Crippen LogP contribution is -2.47. The van der Waals surface area contributed by atoms with Crippen LogP contribution in [-0.2, 0) is 6.54 Å². The minimum absolute atomic E-state index is 0.0814. The molecule has 21 heavy (non-hydrogen) atoms. The molecule has 1 aromatic rings. The lowest BCUT2D eigenvalue weighted by molar-refractivity contribution is 0.182. The van der Waals surface area contributed by atoms with Crippen LogP contribution in [0.3, 0.4) is 0 Å². The Bertz CT molecular complexity index is 466. The van der Waals surface area contributed by atoms with Crippen LogP contribution in [0.5, 0.6) is 0 Å². The zero-order valence-corrected chi connectivity index (χ0v) is 12.8. The summed E-state index contributed by atoms with van der Waals surface area (Å²) in [7, 11) is 3.37. The lowest BCUT2D eigenvalue weighted by atomic mass is 10.0. The number of benzene rings is 1. The van der Waals surface area contributed by atoms with Gasteiger partial charge in [0.25, 0.3) is 0 Å². The molecule has 0 atom stereocenters. The van der Waals surface area contributed by atoms with E-state index < -0.39 is 0 Å². The molecule has 0 saturated carbocycles. The first-order chi connectivity index (χ1) is 10.2. The zero-order valence-electron chi connectivity index (χ0n) is 12.8. The lowest BCUT2D eigenvalue weighted by Gasteiger charge is -2.32. The van der Waals surface area contributed by atoms with Gasteiger partial charge < -0.3 is 5.32 Å². The highest BCUT2D eigenvalue weighted by Gasteiger charge is 2.21. The van der Waals surface area contributed by atoms with Gasteiger partial charge in [-0.2, -0.15) is 0 Å². The van der Waals surface area contributed by atoms with E-state index in [0.29, 0.717) is 0 Å².